The number of thioether (sulfide) groups is 1. The molecule has 1 atom stereocenters. The highest BCUT2D eigenvalue weighted by Crippen LogP contribution is 2.25. The fraction of sp³-hybridized carbons (Fsp3) is 0.286. The minimum atomic E-state index is -0.0654. The molecule has 0 radical (unpaired) electrons. The lowest BCUT2D eigenvalue weighted by molar-refractivity contribution is -0.119. The first-order chi connectivity index (χ1) is 17.0. The van der Waals surface area contributed by atoms with Crippen LogP contribution in [0.25, 0.3) is 11.4 Å². The Balaban J connectivity index is 1.43. The Morgan fingerprint density at radius 1 is 0.943 bits per heavy atom. The Morgan fingerprint density at radius 3 is 2.40 bits per heavy atom. The van der Waals surface area contributed by atoms with E-state index in [1.165, 1.54) is 17.3 Å². The number of nitrogens with zero attached hydrogens (tertiary/aromatic N) is 4. The Morgan fingerprint density at radius 2 is 1.71 bits per heavy atom. The molecule has 4 aromatic rings. The van der Waals surface area contributed by atoms with Gasteiger partial charge in [0.1, 0.15) is 0 Å². The van der Waals surface area contributed by atoms with E-state index >= 15 is 0 Å². The molecule has 0 spiro atoms. The second-order valence-corrected chi connectivity index (χ2v) is 9.98. The number of nitrogens with one attached hydrogen (secondary N) is 1. The van der Waals surface area contributed by atoms with Crippen molar-refractivity contribution in [2.75, 3.05) is 5.75 Å². The topological polar surface area (TPSA) is 72.7 Å². The van der Waals surface area contributed by atoms with Crippen molar-refractivity contribution in [2.24, 2.45) is 5.92 Å². The molecule has 0 aliphatic heterocycles. The molecule has 1 N–H and O–H groups in total. The summed E-state index contributed by atoms with van der Waals surface area (Å²) in [7, 11) is 0. The lowest BCUT2D eigenvalue weighted by Crippen LogP contribution is -2.28. The van der Waals surface area contributed by atoms with Crippen LogP contribution in [-0.2, 0) is 17.8 Å². The number of pyridine rings is 1. The maximum atomic E-state index is 12.8. The van der Waals surface area contributed by atoms with E-state index in [1.54, 1.807) is 12.4 Å². The van der Waals surface area contributed by atoms with Crippen molar-refractivity contribution < 1.29 is 4.79 Å². The van der Waals surface area contributed by atoms with Crippen molar-refractivity contribution in [2.45, 2.75) is 44.9 Å². The number of hydrogen-bond acceptors (Lipinski definition) is 5. The van der Waals surface area contributed by atoms with Crippen LogP contribution in [0.2, 0.25) is 0 Å². The fourth-order valence-electron chi connectivity index (χ4n) is 3.92. The van der Waals surface area contributed by atoms with Gasteiger partial charge in [-0.2, -0.15) is 0 Å². The van der Waals surface area contributed by atoms with E-state index in [-0.39, 0.29) is 17.7 Å². The minimum absolute atomic E-state index is 0.0362. The number of carbonyl (C=O) groups excluding carboxylic acids is 1. The molecule has 0 saturated carbocycles. The normalized spacial score (nSPS) is 12.0. The Kier molecular flexibility index (Phi) is 8.32. The highest BCUT2D eigenvalue weighted by Gasteiger charge is 2.17. The van der Waals surface area contributed by atoms with Crippen molar-refractivity contribution in [3.8, 4) is 11.4 Å². The quantitative estimate of drug-likeness (QED) is 0.298. The van der Waals surface area contributed by atoms with Crippen LogP contribution < -0.4 is 5.32 Å². The molecule has 0 saturated heterocycles. The first-order valence-electron chi connectivity index (χ1n) is 11.9. The zero-order valence-electron chi connectivity index (χ0n) is 20.4. The molecule has 2 heterocycles. The van der Waals surface area contributed by atoms with Crippen LogP contribution >= 0.6 is 11.8 Å². The molecule has 4 rings (SSSR count). The maximum absolute atomic E-state index is 12.8. The van der Waals surface area contributed by atoms with E-state index in [9.17, 15) is 4.79 Å². The largest absolute Gasteiger partial charge is 0.349 e. The molecule has 2 aromatic heterocycles. The van der Waals surface area contributed by atoms with Crippen molar-refractivity contribution in [3.63, 3.8) is 0 Å². The van der Waals surface area contributed by atoms with Crippen LogP contribution in [0.5, 0.6) is 0 Å². The molecular formula is C28H31N5OS. The number of carbonyl (C=O) groups is 1. The van der Waals surface area contributed by atoms with Crippen LogP contribution in [0.3, 0.4) is 0 Å². The first-order valence-corrected chi connectivity index (χ1v) is 12.9. The van der Waals surface area contributed by atoms with Gasteiger partial charge in [0, 0.05) is 18.0 Å². The summed E-state index contributed by atoms with van der Waals surface area (Å²) in [5.74, 6) is 1.58. The molecule has 0 fully saturated rings. The standard InChI is InChI=1S/C28H31N5OS/c1-20(2)16-22-11-13-24(14-12-22)21(3)30-26(34)19-35-28-32-31-27(25-10-7-15-29-17-25)33(28)18-23-8-5-4-6-9-23/h4-15,17,20-21H,16,18-19H2,1-3H3,(H,30,34). The Hall–Kier alpha value is -3.45. The average molecular weight is 486 g/mol. The number of rotatable bonds is 10. The van der Waals surface area contributed by atoms with Crippen molar-refractivity contribution >= 4 is 17.7 Å². The third kappa shape index (κ3) is 6.79. The predicted molar refractivity (Wildman–Crippen MR) is 141 cm³/mol. The Labute approximate surface area is 211 Å². The van der Waals surface area contributed by atoms with Crippen LogP contribution in [0, 0.1) is 5.92 Å². The van der Waals surface area contributed by atoms with E-state index in [0.717, 1.165) is 28.9 Å². The Bertz CT molecular complexity index is 1220. The highest BCUT2D eigenvalue weighted by atomic mass is 32.2. The molecule has 0 aliphatic carbocycles. The van der Waals surface area contributed by atoms with Gasteiger partial charge in [-0.1, -0.05) is 80.2 Å². The average Bonchev–Trinajstić information content (AvgIpc) is 3.26. The second kappa shape index (κ2) is 11.8. The van der Waals surface area contributed by atoms with Gasteiger partial charge in [-0.3, -0.25) is 14.3 Å². The van der Waals surface area contributed by atoms with Gasteiger partial charge in [0.2, 0.25) is 5.91 Å². The zero-order chi connectivity index (χ0) is 24.6. The molecule has 7 heteroatoms. The van der Waals surface area contributed by atoms with Crippen molar-refractivity contribution in [3.05, 3.63) is 95.8 Å². The molecule has 0 aliphatic rings. The third-order valence-electron chi connectivity index (χ3n) is 5.65. The molecule has 0 bridgehead atoms. The minimum Gasteiger partial charge on any atom is -0.349 e. The molecule has 1 unspecified atom stereocenters. The lowest BCUT2D eigenvalue weighted by atomic mass is 10.00. The van der Waals surface area contributed by atoms with E-state index in [0.29, 0.717) is 17.6 Å². The van der Waals surface area contributed by atoms with Gasteiger partial charge in [0.15, 0.2) is 11.0 Å². The van der Waals surface area contributed by atoms with Crippen LogP contribution in [-0.4, -0.2) is 31.4 Å². The van der Waals surface area contributed by atoms with E-state index in [1.807, 2.05) is 41.8 Å². The molecule has 6 nitrogen and oxygen atoms in total. The van der Waals surface area contributed by atoms with Gasteiger partial charge in [0.25, 0.3) is 0 Å². The van der Waals surface area contributed by atoms with Gasteiger partial charge in [-0.25, -0.2) is 0 Å². The maximum Gasteiger partial charge on any atom is 0.230 e. The highest BCUT2D eigenvalue weighted by molar-refractivity contribution is 7.99. The molecule has 35 heavy (non-hydrogen) atoms. The van der Waals surface area contributed by atoms with Crippen molar-refractivity contribution in [1.29, 1.82) is 0 Å². The predicted octanol–water partition coefficient (Wildman–Crippen LogP) is 5.56. The molecule has 180 valence electrons. The van der Waals surface area contributed by atoms with Crippen molar-refractivity contribution in [1.82, 2.24) is 25.1 Å². The van der Waals surface area contributed by atoms with Crippen LogP contribution in [0.1, 0.15) is 43.5 Å². The summed E-state index contributed by atoms with van der Waals surface area (Å²) < 4.78 is 2.04. The summed E-state index contributed by atoms with van der Waals surface area (Å²) in [6, 6.07) is 22.5. The molecular weight excluding hydrogens is 454 g/mol. The third-order valence-corrected chi connectivity index (χ3v) is 6.62. The van der Waals surface area contributed by atoms with E-state index < -0.39 is 0 Å². The van der Waals surface area contributed by atoms with E-state index in [4.69, 9.17) is 0 Å². The van der Waals surface area contributed by atoms with E-state index in [2.05, 4.69) is 70.7 Å². The summed E-state index contributed by atoms with van der Waals surface area (Å²) in [6.07, 6.45) is 4.57. The van der Waals surface area contributed by atoms with Crippen LogP contribution in [0.4, 0.5) is 0 Å². The monoisotopic (exact) mass is 485 g/mol. The molecule has 1 amide bonds. The smallest absolute Gasteiger partial charge is 0.230 e. The summed E-state index contributed by atoms with van der Waals surface area (Å²) in [4.78, 5) is 17.0. The van der Waals surface area contributed by atoms with Crippen LogP contribution in [0.15, 0.2) is 84.3 Å². The molecule has 2 aromatic carbocycles. The number of benzene rings is 2. The SMILES string of the molecule is CC(C)Cc1ccc(C(C)NC(=O)CSc2nnc(-c3cccnc3)n2Cc2ccccc2)cc1. The fourth-order valence-corrected chi connectivity index (χ4v) is 4.67. The number of hydrogen-bond donors (Lipinski definition) is 1. The van der Waals surface area contributed by atoms with Gasteiger partial charge >= 0.3 is 0 Å². The number of amides is 1. The van der Waals surface area contributed by atoms with Gasteiger partial charge in [-0.15, -0.1) is 10.2 Å². The van der Waals surface area contributed by atoms with Gasteiger partial charge in [-0.05, 0) is 48.1 Å². The number of aromatic nitrogens is 4. The lowest BCUT2D eigenvalue weighted by Gasteiger charge is -2.15. The summed E-state index contributed by atoms with van der Waals surface area (Å²) in [6.45, 7) is 7.06. The van der Waals surface area contributed by atoms with Gasteiger partial charge < -0.3 is 5.32 Å². The second-order valence-electron chi connectivity index (χ2n) is 9.04. The summed E-state index contributed by atoms with van der Waals surface area (Å²) >= 11 is 1.39. The zero-order valence-corrected chi connectivity index (χ0v) is 21.2. The first kappa shape index (κ1) is 24.7. The van der Waals surface area contributed by atoms with Gasteiger partial charge in [0.05, 0.1) is 18.3 Å². The summed E-state index contributed by atoms with van der Waals surface area (Å²) in [5, 5.41) is 12.6. The summed E-state index contributed by atoms with van der Waals surface area (Å²) in [5.41, 5.74) is 4.45.